The molecule has 0 aliphatic heterocycles. The summed E-state index contributed by atoms with van der Waals surface area (Å²) < 4.78 is 0. The minimum absolute atomic E-state index is 0.0220. The zero-order valence-corrected chi connectivity index (χ0v) is 9.18. The fraction of sp³-hybridized carbons (Fsp3) is 0.909. The van der Waals surface area contributed by atoms with Crippen LogP contribution < -0.4 is 5.73 Å². The van der Waals surface area contributed by atoms with E-state index >= 15 is 0 Å². The number of hydrogen-bond donors (Lipinski definition) is 1. The van der Waals surface area contributed by atoms with Crippen molar-refractivity contribution in [1.82, 2.24) is 0 Å². The van der Waals surface area contributed by atoms with Crippen molar-refractivity contribution in [2.45, 2.75) is 47.0 Å². The highest BCUT2D eigenvalue weighted by Crippen LogP contribution is 2.50. The molecule has 0 aromatic heterocycles. The second kappa shape index (κ2) is 3.00. The molecule has 0 atom stereocenters. The van der Waals surface area contributed by atoms with Gasteiger partial charge in [-0.1, -0.05) is 34.1 Å². The third kappa shape index (κ3) is 1.87. The van der Waals surface area contributed by atoms with Crippen molar-refractivity contribution < 1.29 is 4.79 Å². The summed E-state index contributed by atoms with van der Waals surface area (Å²) in [4.78, 5) is 11.4. The fourth-order valence-electron chi connectivity index (χ4n) is 3.12. The summed E-state index contributed by atoms with van der Waals surface area (Å²) in [7, 11) is 0. The van der Waals surface area contributed by atoms with Crippen LogP contribution in [0.2, 0.25) is 0 Å². The summed E-state index contributed by atoms with van der Waals surface area (Å²) in [5.74, 6) is -0.108. The van der Waals surface area contributed by atoms with Crippen LogP contribution in [0.1, 0.15) is 47.0 Å². The van der Waals surface area contributed by atoms with E-state index in [4.69, 9.17) is 5.73 Å². The molecule has 0 saturated heterocycles. The molecule has 1 rings (SSSR count). The molecule has 0 unspecified atom stereocenters. The molecule has 1 aliphatic carbocycles. The van der Waals surface area contributed by atoms with Crippen LogP contribution in [0.4, 0.5) is 0 Å². The Balaban J connectivity index is 2.98. The van der Waals surface area contributed by atoms with E-state index in [1.165, 1.54) is 6.42 Å². The third-order valence-electron chi connectivity index (χ3n) is 3.49. The van der Waals surface area contributed by atoms with Crippen molar-refractivity contribution in [3.8, 4) is 0 Å². The highest BCUT2D eigenvalue weighted by atomic mass is 16.1. The van der Waals surface area contributed by atoms with Crippen LogP contribution in [0.5, 0.6) is 0 Å². The van der Waals surface area contributed by atoms with Crippen LogP contribution in [0.3, 0.4) is 0 Å². The van der Waals surface area contributed by atoms with E-state index in [2.05, 4.69) is 27.7 Å². The fourth-order valence-corrected chi connectivity index (χ4v) is 3.12. The Morgan fingerprint density at radius 2 is 1.54 bits per heavy atom. The first-order chi connectivity index (χ1) is 5.77. The number of amides is 1. The van der Waals surface area contributed by atoms with Gasteiger partial charge in [-0.3, -0.25) is 4.79 Å². The summed E-state index contributed by atoms with van der Waals surface area (Å²) >= 11 is 0. The Bertz CT molecular complexity index is 202. The van der Waals surface area contributed by atoms with Crippen LogP contribution in [0, 0.1) is 16.7 Å². The Hall–Kier alpha value is -0.530. The van der Waals surface area contributed by atoms with Crippen molar-refractivity contribution in [2.75, 3.05) is 0 Å². The lowest BCUT2D eigenvalue weighted by atomic mass is 9.57. The minimum Gasteiger partial charge on any atom is -0.369 e. The molecule has 2 nitrogen and oxygen atoms in total. The van der Waals surface area contributed by atoms with E-state index in [1.54, 1.807) is 0 Å². The van der Waals surface area contributed by atoms with Crippen molar-refractivity contribution in [2.24, 2.45) is 22.5 Å². The molecule has 0 radical (unpaired) electrons. The monoisotopic (exact) mass is 183 g/mol. The minimum atomic E-state index is -0.130. The van der Waals surface area contributed by atoms with Gasteiger partial charge in [0.15, 0.2) is 0 Å². The molecule has 1 saturated carbocycles. The number of carbonyl (C=O) groups is 1. The first kappa shape index (κ1) is 10.6. The normalized spacial score (nSPS) is 27.1. The maximum atomic E-state index is 11.4. The summed E-state index contributed by atoms with van der Waals surface area (Å²) in [6, 6.07) is 0. The standard InChI is InChI=1S/C11H21NO/c1-10(2)6-5-7-11(3,4)8(10)9(12)13/h8H,5-7H2,1-4H3,(H2,12,13). The molecule has 13 heavy (non-hydrogen) atoms. The third-order valence-corrected chi connectivity index (χ3v) is 3.49. The molecule has 76 valence electrons. The van der Waals surface area contributed by atoms with Crippen molar-refractivity contribution >= 4 is 5.91 Å². The molecule has 1 aliphatic rings. The molecular formula is C11H21NO. The van der Waals surface area contributed by atoms with Gasteiger partial charge in [0.1, 0.15) is 0 Å². The lowest BCUT2D eigenvalue weighted by Crippen LogP contribution is -2.47. The topological polar surface area (TPSA) is 43.1 Å². The highest BCUT2D eigenvalue weighted by molar-refractivity contribution is 5.78. The summed E-state index contributed by atoms with van der Waals surface area (Å²) in [6.07, 6.45) is 3.44. The van der Waals surface area contributed by atoms with Gasteiger partial charge in [0.25, 0.3) is 0 Å². The molecule has 0 heterocycles. The second-order valence-corrected chi connectivity index (χ2v) is 5.67. The average molecular weight is 183 g/mol. The van der Waals surface area contributed by atoms with Gasteiger partial charge in [-0.15, -0.1) is 0 Å². The first-order valence-electron chi connectivity index (χ1n) is 5.07. The van der Waals surface area contributed by atoms with Crippen LogP contribution in [-0.2, 0) is 4.79 Å². The number of rotatable bonds is 1. The van der Waals surface area contributed by atoms with Gasteiger partial charge in [0.05, 0.1) is 0 Å². The second-order valence-electron chi connectivity index (χ2n) is 5.67. The maximum absolute atomic E-state index is 11.4. The molecular weight excluding hydrogens is 162 g/mol. The van der Waals surface area contributed by atoms with Crippen molar-refractivity contribution in [3.63, 3.8) is 0 Å². The Morgan fingerprint density at radius 1 is 1.15 bits per heavy atom. The zero-order chi connectivity index (χ0) is 10.3. The van der Waals surface area contributed by atoms with E-state index in [1.807, 2.05) is 0 Å². The smallest absolute Gasteiger partial charge is 0.221 e. The van der Waals surface area contributed by atoms with E-state index < -0.39 is 0 Å². The Labute approximate surface area is 80.9 Å². The van der Waals surface area contributed by atoms with Gasteiger partial charge in [-0.25, -0.2) is 0 Å². The quantitative estimate of drug-likeness (QED) is 0.666. The van der Waals surface area contributed by atoms with Gasteiger partial charge in [-0.05, 0) is 23.7 Å². The SMILES string of the molecule is CC1(C)CCCC(C)(C)C1C(N)=O. The number of carbonyl (C=O) groups excluding carboxylic acids is 1. The van der Waals surface area contributed by atoms with Gasteiger partial charge in [0.2, 0.25) is 5.91 Å². The van der Waals surface area contributed by atoms with Gasteiger partial charge in [-0.2, -0.15) is 0 Å². The number of hydrogen-bond acceptors (Lipinski definition) is 1. The van der Waals surface area contributed by atoms with Crippen molar-refractivity contribution in [3.05, 3.63) is 0 Å². The molecule has 1 fully saturated rings. The molecule has 2 heteroatoms. The summed E-state index contributed by atoms with van der Waals surface area (Å²) in [5, 5.41) is 0. The van der Waals surface area contributed by atoms with Gasteiger partial charge < -0.3 is 5.73 Å². The molecule has 0 bridgehead atoms. The summed E-state index contributed by atoms with van der Waals surface area (Å²) in [5.41, 5.74) is 5.63. The number of nitrogens with two attached hydrogens (primary N) is 1. The molecule has 1 amide bonds. The molecule has 0 spiro atoms. The highest BCUT2D eigenvalue weighted by Gasteiger charge is 2.46. The predicted octanol–water partition coefficient (Wildman–Crippen LogP) is 2.32. The number of primary amides is 1. The van der Waals surface area contributed by atoms with Gasteiger partial charge >= 0.3 is 0 Å². The first-order valence-corrected chi connectivity index (χ1v) is 5.07. The van der Waals surface area contributed by atoms with Gasteiger partial charge in [0, 0.05) is 5.92 Å². The lowest BCUT2D eigenvalue weighted by molar-refractivity contribution is -0.134. The molecule has 0 aromatic rings. The lowest BCUT2D eigenvalue weighted by Gasteiger charge is -2.47. The molecule has 0 aromatic carbocycles. The zero-order valence-electron chi connectivity index (χ0n) is 9.18. The average Bonchev–Trinajstić information content (AvgIpc) is 1.79. The molecule has 2 N–H and O–H groups in total. The van der Waals surface area contributed by atoms with E-state index in [9.17, 15) is 4.79 Å². The maximum Gasteiger partial charge on any atom is 0.221 e. The summed E-state index contributed by atoms with van der Waals surface area (Å²) in [6.45, 7) is 8.62. The predicted molar refractivity (Wildman–Crippen MR) is 54.1 cm³/mol. The van der Waals surface area contributed by atoms with E-state index in [0.717, 1.165) is 12.8 Å². The van der Waals surface area contributed by atoms with Crippen LogP contribution in [0.25, 0.3) is 0 Å². The van der Waals surface area contributed by atoms with Crippen molar-refractivity contribution in [1.29, 1.82) is 0 Å². The van der Waals surface area contributed by atoms with Crippen LogP contribution in [0.15, 0.2) is 0 Å². The van der Waals surface area contributed by atoms with E-state index in [-0.39, 0.29) is 22.7 Å². The Morgan fingerprint density at radius 3 is 1.77 bits per heavy atom. The van der Waals surface area contributed by atoms with Crippen LogP contribution in [-0.4, -0.2) is 5.91 Å². The van der Waals surface area contributed by atoms with Crippen LogP contribution >= 0.6 is 0 Å². The Kier molecular flexibility index (Phi) is 2.44. The largest absolute Gasteiger partial charge is 0.369 e. The van der Waals surface area contributed by atoms with E-state index in [0.29, 0.717) is 0 Å².